The molecule has 1 saturated heterocycles. The molecule has 26 heavy (non-hydrogen) atoms. The number of amides is 1. The molecule has 4 rings (SSSR count). The van der Waals surface area contributed by atoms with Gasteiger partial charge in [0, 0.05) is 41.7 Å². The summed E-state index contributed by atoms with van der Waals surface area (Å²) >= 11 is 3.53. The van der Waals surface area contributed by atoms with Gasteiger partial charge in [0.2, 0.25) is 0 Å². The smallest absolute Gasteiger partial charge is 0.271 e. The first-order valence-corrected chi connectivity index (χ1v) is 9.63. The Morgan fingerprint density at radius 3 is 2.96 bits per heavy atom. The average molecular weight is 413 g/mol. The van der Waals surface area contributed by atoms with E-state index in [0.717, 1.165) is 35.3 Å². The molecule has 1 amide bonds. The Bertz CT molecular complexity index is 952. The minimum Gasteiger partial charge on any atom is -0.371 e. The van der Waals surface area contributed by atoms with Gasteiger partial charge in [0.15, 0.2) is 0 Å². The molecule has 1 aliphatic rings. The van der Waals surface area contributed by atoms with Crippen LogP contribution in [0.5, 0.6) is 0 Å². The lowest BCUT2D eigenvalue weighted by atomic mass is 10.1. The number of imidazole rings is 1. The van der Waals surface area contributed by atoms with Crippen molar-refractivity contribution in [1.29, 1.82) is 0 Å². The van der Waals surface area contributed by atoms with Crippen LogP contribution in [0.1, 0.15) is 22.6 Å². The molecule has 1 N–H and O–H groups in total. The number of hydrogen-bond acceptors (Lipinski definition) is 3. The van der Waals surface area contributed by atoms with Crippen LogP contribution in [0.15, 0.2) is 53.1 Å². The van der Waals surface area contributed by atoms with Gasteiger partial charge < -0.3 is 14.6 Å². The Morgan fingerprint density at radius 1 is 1.31 bits per heavy atom. The number of carbonyl (C=O) groups is 1. The van der Waals surface area contributed by atoms with Crippen molar-refractivity contribution in [3.05, 3.63) is 64.5 Å². The zero-order valence-electron chi connectivity index (χ0n) is 14.7. The van der Waals surface area contributed by atoms with E-state index in [-0.39, 0.29) is 5.91 Å². The maximum absolute atomic E-state index is 12.5. The second-order valence-corrected chi connectivity index (χ2v) is 7.73. The quantitative estimate of drug-likeness (QED) is 0.710. The van der Waals surface area contributed by atoms with E-state index in [2.05, 4.69) is 49.3 Å². The zero-order chi connectivity index (χ0) is 18.1. The number of nitrogens with zero attached hydrogens (tertiary/aromatic N) is 3. The van der Waals surface area contributed by atoms with Crippen LogP contribution in [-0.4, -0.2) is 34.9 Å². The third-order valence-corrected chi connectivity index (χ3v) is 5.43. The first-order chi connectivity index (χ1) is 12.6. The van der Waals surface area contributed by atoms with Crippen LogP contribution >= 0.6 is 15.9 Å². The molecular weight excluding hydrogens is 392 g/mol. The van der Waals surface area contributed by atoms with Crippen molar-refractivity contribution in [2.45, 2.75) is 13.3 Å². The highest BCUT2D eigenvalue weighted by Crippen LogP contribution is 2.26. The maximum atomic E-state index is 12.5. The van der Waals surface area contributed by atoms with Gasteiger partial charge >= 0.3 is 0 Å². The third kappa shape index (κ3) is 3.46. The van der Waals surface area contributed by atoms with Crippen LogP contribution in [0.3, 0.4) is 0 Å². The van der Waals surface area contributed by atoms with Crippen molar-refractivity contribution in [1.82, 2.24) is 14.7 Å². The number of hydrogen-bond donors (Lipinski definition) is 1. The monoisotopic (exact) mass is 412 g/mol. The molecule has 1 aromatic carbocycles. The van der Waals surface area contributed by atoms with Crippen LogP contribution in [-0.2, 0) is 0 Å². The maximum Gasteiger partial charge on any atom is 0.271 e. The van der Waals surface area contributed by atoms with E-state index in [1.165, 1.54) is 5.69 Å². The fourth-order valence-electron chi connectivity index (χ4n) is 3.49. The molecule has 0 radical (unpaired) electrons. The minimum absolute atomic E-state index is 0.103. The van der Waals surface area contributed by atoms with Crippen LogP contribution in [0.25, 0.3) is 5.65 Å². The van der Waals surface area contributed by atoms with E-state index < -0.39 is 0 Å². The van der Waals surface area contributed by atoms with E-state index in [9.17, 15) is 4.79 Å². The van der Waals surface area contributed by atoms with Crippen LogP contribution in [0.4, 0.5) is 5.69 Å². The van der Waals surface area contributed by atoms with Crippen LogP contribution in [0, 0.1) is 12.8 Å². The number of benzene rings is 1. The highest BCUT2D eigenvalue weighted by molar-refractivity contribution is 9.10. The van der Waals surface area contributed by atoms with Crippen molar-refractivity contribution in [2.75, 3.05) is 24.5 Å². The van der Waals surface area contributed by atoms with E-state index >= 15 is 0 Å². The molecule has 6 heteroatoms. The van der Waals surface area contributed by atoms with Crippen LogP contribution < -0.4 is 10.2 Å². The second kappa shape index (κ2) is 7.11. The minimum atomic E-state index is -0.103. The van der Waals surface area contributed by atoms with Gasteiger partial charge in [-0.1, -0.05) is 28.1 Å². The molecule has 1 fully saturated rings. The Kier molecular flexibility index (Phi) is 4.68. The van der Waals surface area contributed by atoms with Crippen molar-refractivity contribution < 1.29 is 4.79 Å². The van der Waals surface area contributed by atoms with Gasteiger partial charge in [0.25, 0.3) is 5.91 Å². The summed E-state index contributed by atoms with van der Waals surface area (Å²) in [4.78, 5) is 19.3. The highest BCUT2D eigenvalue weighted by Gasteiger charge is 2.23. The molecule has 0 saturated carbocycles. The Labute approximate surface area is 161 Å². The summed E-state index contributed by atoms with van der Waals surface area (Å²) < 4.78 is 3.04. The predicted molar refractivity (Wildman–Crippen MR) is 107 cm³/mol. The number of aromatic nitrogens is 2. The number of rotatable bonds is 4. The highest BCUT2D eigenvalue weighted by atomic mass is 79.9. The van der Waals surface area contributed by atoms with Gasteiger partial charge in [-0.25, -0.2) is 4.98 Å². The molecule has 0 aliphatic carbocycles. The number of aryl methyl sites for hydroxylation is 1. The Balaban J connectivity index is 1.36. The first kappa shape index (κ1) is 17.1. The average Bonchev–Trinajstić information content (AvgIpc) is 3.27. The number of halogens is 1. The summed E-state index contributed by atoms with van der Waals surface area (Å²) in [5, 5.41) is 3.05. The summed E-state index contributed by atoms with van der Waals surface area (Å²) in [6.07, 6.45) is 2.89. The topological polar surface area (TPSA) is 49.6 Å². The summed E-state index contributed by atoms with van der Waals surface area (Å²) in [6, 6.07) is 14.2. The Hall–Kier alpha value is -2.34. The normalized spacial score (nSPS) is 17.0. The molecule has 0 spiro atoms. The van der Waals surface area contributed by atoms with Gasteiger partial charge in [0.05, 0.1) is 0 Å². The molecule has 1 atom stereocenters. The number of nitrogens with one attached hydrogen (secondary N) is 1. The molecule has 3 aromatic rings. The SMILES string of the molecule is Cc1cccc2nc(C(=O)NC[C@H]3CCN(c4cccc(Br)c4)C3)cn12. The fourth-order valence-corrected chi connectivity index (χ4v) is 3.88. The molecule has 5 nitrogen and oxygen atoms in total. The van der Waals surface area contributed by atoms with E-state index in [1.54, 1.807) is 0 Å². The van der Waals surface area contributed by atoms with Gasteiger partial charge in [-0.3, -0.25) is 4.79 Å². The standard InChI is InChI=1S/C20H21BrN4O/c1-14-4-2-7-19-23-18(13-25(14)19)20(26)22-11-15-8-9-24(12-15)17-6-3-5-16(21)10-17/h2-7,10,13,15H,8-9,11-12H2,1H3,(H,22,26)/t15-/m1/s1. The van der Waals surface area contributed by atoms with Gasteiger partial charge in [0.1, 0.15) is 11.3 Å². The van der Waals surface area contributed by atoms with E-state index in [4.69, 9.17) is 0 Å². The second-order valence-electron chi connectivity index (χ2n) is 6.81. The van der Waals surface area contributed by atoms with Crippen LogP contribution in [0.2, 0.25) is 0 Å². The number of pyridine rings is 1. The molecule has 3 heterocycles. The zero-order valence-corrected chi connectivity index (χ0v) is 16.2. The molecule has 0 bridgehead atoms. The van der Waals surface area contributed by atoms with E-state index in [1.807, 2.05) is 41.8 Å². The number of anilines is 1. The lowest BCUT2D eigenvalue weighted by molar-refractivity contribution is 0.0944. The van der Waals surface area contributed by atoms with Crippen molar-refractivity contribution in [2.24, 2.45) is 5.92 Å². The van der Waals surface area contributed by atoms with Gasteiger partial charge in [-0.15, -0.1) is 0 Å². The molecule has 1 aliphatic heterocycles. The Morgan fingerprint density at radius 2 is 2.15 bits per heavy atom. The first-order valence-electron chi connectivity index (χ1n) is 8.83. The summed E-state index contributed by atoms with van der Waals surface area (Å²) in [7, 11) is 0. The largest absolute Gasteiger partial charge is 0.371 e. The van der Waals surface area contributed by atoms with Crippen molar-refractivity contribution >= 4 is 33.2 Å². The molecular formula is C20H21BrN4O. The van der Waals surface area contributed by atoms with Crippen molar-refractivity contribution in [3.63, 3.8) is 0 Å². The lowest BCUT2D eigenvalue weighted by Crippen LogP contribution is -2.31. The summed E-state index contributed by atoms with van der Waals surface area (Å²) in [6.45, 7) is 4.66. The summed E-state index contributed by atoms with van der Waals surface area (Å²) in [5.41, 5.74) is 3.57. The van der Waals surface area contributed by atoms with Crippen molar-refractivity contribution in [3.8, 4) is 0 Å². The fraction of sp³-hybridized carbons (Fsp3) is 0.300. The number of fused-ring (bicyclic) bond motifs is 1. The number of carbonyl (C=O) groups excluding carboxylic acids is 1. The van der Waals surface area contributed by atoms with E-state index in [0.29, 0.717) is 18.2 Å². The molecule has 2 aromatic heterocycles. The summed E-state index contributed by atoms with van der Waals surface area (Å²) in [5.74, 6) is 0.353. The molecule has 0 unspecified atom stereocenters. The predicted octanol–water partition coefficient (Wildman–Crippen LogP) is 3.66. The molecule has 134 valence electrons. The lowest BCUT2D eigenvalue weighted by Gasteiger charge is -2.19. The third-order valence-electron chi connectivity index (χ3n) is 4.94. The van der Waals surface area contributed by atoms with Gasteiger partial charge in [-0.05, 0) is 49.6 Å². The van der Waals surface area contributed by atoms with Gasteiger partial charge in [-0.2, -0.15) is 0 Å².